The molecular formula is C19H17ClN4O2. The molecule has 6 nitrogen and oxygen atoms in total. The molecule has 132 valence electrons. The number of amides is 1. The Bertz CT molecular complexity index is 932. The van der Waals surface area contributed by atoms with Crippen LogP contribution in [0.15, 0.2) is 53.7 Å². The van der Waals surface area contributed by atoms with Crippen LogP contribution in [0.25, 0.3) is 11.0 Å². The second-order valence-electron chi connectivity index (χ2n) is 6.18. The van der Waals surface area contributed by atoms with Crippen molar-refractivity contribution in [2.24, 2.45) is 5.16 Å². The molecule has 0 unspecified atom stereocenters. The van der Waals surface area contributed by atoms with Crippen LogP contribution in [0.3, 0.4) is 0 Å². The van der Waals surface area contributed by atoms with Crippen LogP contribution < -0.4 is 5.32 Å². The lowest BCUT2D eigenvalue weighted by Crippen LogP contribution is -2.30. The molecule has 7 heteroatoms. The van der Waals surface area contributed by atoms with Crippen LogP contribution in [0.4, 0.5) is 0 Å². The Labute approximate surface area is 155 Å². The van der Waals surface area contributed by atoms with Crippen molar-refractivity contribution in [3.05, 3.63) is 64.9 Å². The fourth-order valence-electron chi connectivity index (χ4n) is 2.88. The normalized spacial score (nSPS) is 16.3. The van der Waals surface area contributed by atoms with E-state index in [2.05, 4.69) is 20.4 Å². The number of benzene rings is 2. The maximum atomic E-state index is 12.3. The van der Waals surface area contributed by atoms with E-state index in [1.807, 2.05) is 36.4 Å². The van der Waals surface area contributed by atoms with Crippen LogP contribution in [0.1, 0.15) is 17.8 Å². The lowest BCUT2D eigenvalue weighted by molar-refractivity contribution is -0.115. The lowest BCUT2D eigenvalue weighted by atomic mass is 10.1. The number of imidazole rings is 1. The van der Waals surface area contributed by atoms with E-state index in [0.717, 1.165) is 22.4 Å². The van der Waals surface area contributed by atoms with Gasteiger partial charge in [0.25, 0.3) is 5.91 Å². The minimum atomic E-state index is -0.216. The van der Waals surface area contributed by atoms with Gasteiger partial charge in [-0.1, -0.05) is 41.0 Å². The molecule has 0 saturated heterocycles. The first kappa shape index (κ1) is 16.6. The molecule has 2 N–H and O–H groups in total. The number of nitrogens with zero attached hydrogens (tertiary/aromatic N) is 2. The zero-order valence-corrected chi connectivity index (χ0v) is 14.7. The molecule has 0 spiro atoms. The van der Waals surface area contributed by atoms with Crippen LogP contribution in [0, 0.1) is 0 Å². The SMILES string of the molecule is O=C(NCc1ccc(Cl)cc1)C1=NO[C@H](Cc2nc3ccccc3[nH]2)C1. The maximum Gasteiger partial charge on any atom is 0.269 e. The molecule has 0 saturated carbocycles. The van der Waals surface area contributed by atoms with Crippen LogP contribution in [0.5, 0.6) is 0 Å². The molecule has 0 fully saturated rings. The molecule has 1 atom stereocenters. The van der Waals surface area contributed by atoms with Gasteiger partial charge in [-0.15, -0.1) is 0 Å². The van der Waals surface area contributed by atoms with Gasteiger partial charge in [-0.25, -0.2) is 4.98 Å². The van der Waals surface area contributed by atoms with Crippen molar-refractivity contribution in [1.29, 1.82) is 0 Å². The predicted molar refractivity (Wildman–Crippen MR) is 100 cm³/mol. The van der Waals surface area contributed by atoms with Crippen molar-refractivity contribution in [3.8, 4) is 0 Å². The second-order valence-corrected chi connectivity index (χ2v) is 6.62. The molecular weight excluding hydrogens is 352 g/mol. The standard InChI is InChI=1S/C19H17ClN4O2/c20-13-7-5-12(6-8-13)11-21-19(25)17-9-14(26-24-17)10-18-22-15-3-1-2-4-16(15)23-18/h1-8,14H,9-11H2,(H,21,25)(H,22,23)/t14-/m0/s1. The smallest absolute Gasteiger partial charge is 0.269 e. The summed E-state index contributed by atoms with van der Waals surface area (Å²) in [4.78, 5) is 25.5. The topological polar surface area (TPSA) is 79.4 Å². The van der Waals surface area contributed by atoms with Gasteiger partial charge in [0.2, 0.25) is 0 Å². The minimum Gasteiger partial charge on any atom is -0.391 e. The van der Waals surface area contributed by atoms with Crippen LogP contribution in [-0.2, 0) is 22.6 Å². The van der Waals surface area contributed by atoms with Crippen LogP contribution in [-0.4, -0.2) is 27.7 Å². The quantitative estimate of drug-likeness (QED) is 0.725. The Morgan fingerprint density at radius 2 is 2.04 bits per heavy atom. The Morgan fingerprint density at radius 1 is 1.23 bits per heavy atom. The highest BCUT2D eigenvalue weighted by atomic mass is 35.5. The fraction of sp³-hybridized carbons (Fsp3) is 0.211. The van der Waals surface area contributed by atoms with E-state index in [1.54, 1.807) is 12.1 Å². The number of H-pyrrole nitrogens is 1. The zero-order valence-electron chi connectivity index (χ0n) is 13.9. The monoisotopic (exact) mass is 368 g/mol. The van der Waals surface area contributed by atoms with Gasteiger partial charge in [-0.05, 0) is 29.8 Å². The molecule has 2 aromatic carbocycles. The number of oxime groups is 1. The number of para-hydroxylation sites is 2. The maximum absolute atomic E-state index is 12.3. The fourth-order valence-corrected chi connectivity index (χ4v) is 3.00. The van der Waals surface area contributed by atoms with Crippen molar-refractivity contribution in [2.45, 2.75) is 25.5 Å². The minimum absolute atomic E-state index is 0.188. The van der Waals surface area contributed by atoms with E-state index >= 15 is 0 Å². The molecule has 3 aromatic rings. The van der Waals surface area contributed by atoms with Crippen LogP contribution >= 0.6 is 11.6 Å². The van der Waals surface area contributed by atoms with Crippen molar-refractivity contribution in [2.75, 3.05) is 0 Å². The van der Waals surface area contributed by atoms with Crippen molar-refractivity contribution < 1.29 is 9.63 Å². The highest BCUT2D eigenvalue weighted by Gasteiger charge is 2.27. The first-order valence-electron chi connectivity index (χ1n) is 8.36. The van der Waals surface area contributed by atoms with E-state index in [-0.39, 0.29) is 12.0 Å². The zero-order chi connectivity index (χ0) is 17.9. The van der Waals surface area contributed by atoms with Gasteiger partial charge in [-0.3, -0.25) is 4.79 Å². The highest BCUT2D eigenvalue weighted by molar-refractivity contribution is 6.39. The number of aromatic nitrogens is 2. The van der Waals surface area contributed by atoms with Crippen molar-refractivity contribution >= 4 is 34.3 Å². The third-order valence-corrected chi connectivity index (χ3v) is 4.47. The van der Waals surface area contributed by atoms with Crippen molar-refractivity contribution in [1.82, 2.24) is 15.3 Å². The number of aromatic amines is 1. The van der Waals surface area contributed by atoms with Crippen LogP contribution in [0.2, 0.25) is 5.02 Å². The summed E-state index contributed by atoms with van der Waals surface area (Å²) in [6.07, 6.45) is 0.849. The molecule has 1 amide bonds. The van der Waals surface area contributed by atoms with Gasteiger partial charge in [0.1, 0.15) is 17.6 Å². The summed E-state index contributed by atoms with van der Waals surface area (Å²) >= 11 is 5.86. The molecule has 1 aliphatic heterocycles. The van der Waals surface area contributed by atoms with Gasteiger partial charge in [0, 0.05) is 24.4 Å². The Morgan fingerprint density at radius 3 is 2.85 bits per heavy atom. The number of hydrogen-bond acceptors (Lipinski definition) is 4. The summed E-state index contributed by atoms with van der Waals surface area (Å²) in [6.45, 7) is 0.420. The summed E-state index contributed by atoms with van der Waals surface area (Å²) in [5, 5.41) is 7.45. The number of hydrogen-bond donors (Lipinski definition) is 2. The summed E-state index contributed by atoms with van der Waals surface area (Å²) in [5.74, 6) is 0.612. The first-order chi connectivity index (χ1) is 12.7. The second kappa shape index (κ2) is 7.17. The number of rotatable bonds is 5. The largest absolute Gasteiger partial charge is 0.391 e. The molecule has 26 heavy (non-hydrogen) atoms. The van der Waals surface area contributed by atoms with Crippen molar-refractivity contribution in [3.63, 3.8) is 0 Å². The molecule has 4 rings (SSSR count). The van der Waals surface area contributed by atoms with Gasteiger partial charge in [0.15, 0.2) is 0 Å². The summed E-state index contributed by atoms with van der Waals surface area (Å²) in [5.41, 5.74) is 3.28. The number of nitrogens with one attached hydrogen (secondary N) is 2. The molecule has 0 radical (unpaired) electrons. The number of carbonyl (C=O) groups excluding carboxylic acids is 1. The third-order valence-electron chi connectivity index (χ3n) is 4.22. The molecule has 1 aromatic heterocycles. The Hall–Kier alpha value is -2.86. The van der Waals surface area contributed by atoms with E-state index in [0.29, 0.717) is 30.1 Å². The van der Waals surface area contributed by atoms with Gasteiger partial charge in [0.05, 0.1) is 11.0 Å². The summed E-state index contributed by atoms with van der Waals surface area (Å²) in [6, 6.07) is 15.2. The van der Waals surface area contributed by atoms with E-state index in [1.165, 1.54) is 0 Å². The van der Waals surface area contributed by atoms with E-state index in [9.17, 15) is 4.79 Å². The number of fused-ring (bicyclic) bond motifs is 1. The van der Waals surface area contributed by atoms with E-state index < -0.39 is 0 Å². The third kappa shape index (κ3) is 3.70. The molecule has 2 heterocycles. The molecule has 0 bridgehead atoms. The Balaban J connectivity index is 1.31. The summed E-state index contributed by atoms with van der Waals surface area (Å²) < 4.78 is 0. The number of carbonyl (C=O) groups is 1. The Kier molecular flexibility index (Phi) is 4.58. The highest BCUT2D eigenvalue weighted by Crippen LogP contribution is 2.17. The average Bonchev–Trinajstić information content (AvgIpc) is 3.27. The van der Waals surface area contributed by atoms with Gasteiger partial charge < -0.3 is 15.1 Å². The molecule has 0 aliphatic carbocycles. The van der Waals surface area contributed by atoms with Gasteiger partial charge in [-0.2, -0.15) is 0 Å². The lowest BCUT2D eigenvalue weighted by Gasteiger charge is -2.06. The number of halogens is 1. The van der Waals surface area contributed by atoms with E-state index in [4.69, 9.17) is 16.4 Å². The first-order valence-corrected chi connectivity index (χ1v) is 8.74. The predicted octanol–water partition coefficient (Wildman–Crippen LogP) is 3.22. The van der Waals surface area contributed by atoms with Gasteiger partial charge >= 0.3 is 0 Å². The summed E-state index contributed by atoms with van der Waals surface area (Å²) in [7, 11) is 0. The average molecular weight is 369 g/mol. The molecule has 1 aliphatic rings.